The maximum Gasteiger partial charge on any atom is 0.326 e. The number of anilines is 1. The maximum absolute atomic E-state index is 12.4. The normalized spacial score (nSPS) is 22.7. The summed E-state index contributed by atoms with van der Waals surface area (Å²) in [6.07, 6.45) is 4.16. The Balaban J connectivity index is 1.51. The van der Waals surface area contributed by atoms with Crippen LogP contribution in [0.2, 0.25) is 0 Å². The van der Waals surface area contributed by atoms with Gasteiger partial charge in [-0.25, -0.2) is 4.79 Å². The number of nitrogen functional groups attached to an aromatic ring is 1. The van der Waals surface area contributed by atoms with E-state index < -0.39 is 35.4 Å². The lowest BCUT2D eigenvalue weighted by Gasteiger charge is -2.25. The molecule has 1 aliphatic heterocycles. The van der Waals surface area contributed by atoms with Gasteiger partial charge in [0.15, 0.2) is 10.8 Å². The Kier molecular flexibility index (Phi) is 7.30. The van der Waals surface area contributed by atoms with Crippen molar-refractivity contribution in [1.29, 1.82) is 0 Å². The number of aromatic nitrogens is 2. The number of fused-ring (bicyclic) bond motifs is 1. The summed E-state index contributed by atoms with van der Waals surface area (Å²) in [5, 5.41) is 23.8. The molecule has 0 bridgehead atoms. The van der Waals surface area contributed by atoms with Crippen LogP contribution in [-0.4, -0.2) is 69.2 Å². The number of carbonyl (C=O) groups excluding carboxylic acids is 1. The van der Waals surface area contributed by atoms with Crippen molar-refractivity contribution >= 4 is 23.8 Å². The van der Waals surface area contributed by atoms with E-state index in [-0.39, 0.29) is 41.7 Å². The lowest BCUT2D eigenvalue weighted by molar-refractivity contribution is -0.143. The van der Waals surface area contributed by atoms with Gasteiger partial charge in [-0.2, -0.15) is 4.98 Å². The van der Waals surface area contributed by atoms with E-state index in [9.17, 15) is 24.3 Å². The van der Waals surface area contributed by atoms with E-state index in [1.807, 2.05) is 6.08 Å². The number of rotatable bonds is 9. The molecule has 1 aromatic heterocycles. The SMILES string of the molecule is Nc1nc2c(c(=O)[nH]1)=NC(CNC1C=CC(C(=O)N[C@@H](CCC(=O)O)C(=O)O)CC1)CN=2. The molecule has 1 amide bonds. The molecular weight excluding hydrogens is 422 g/mol. The van der Waals surface area contributed by atoms with Crippen LogP contribution >= 0.6 is 0 Å². The zero-order chi connectivity index (χ0) is 23.3. The van der Waals surface area contributed by atoms with Gasteiger partial charge in [-0.05, 0) is 19.3 Å². The van der Waals surface area contributed by atoms with Crippen molar-refractivity contribution in [2.24, 2.45) is 15.9 Å². The number of nitrogens with one attached hydrogen (secondary N) is 3. The smallest absolute Gasteiger partial charge is 0.326 e. The molecular formula is C19H25N7O6. The van der Waals surface area contributed by atoms with Gasteiger partial charge in [0, 0.05) is 19.0 Å². The largest absolute Gasteiger partial charge is 0.481 e. The highest BCUT2D eigenvalue weighted by atomic mass is 16.4. The molecule has 0 fully saturated rings. The van der Waals surface area contributed by atoms with Gasteiger partial charge in [-0.15, -0.1) is 0 Å². The number of nitrogens with zero attached hydrogens (tertiary/aromatic N) is 3. The summed E-state index contributed by atoms with van der Waals surface area (Å²) < 4.78 is 0. The van der Waals surface area contributed by atoms with Crippen LogP contribution in [0.5, 0.6) is 0 Å². The Hall–Kier alpha value is -3.61. The highest BCUT2D eigenvalue weighted by Gasteiger charge is 2.27. The van der Waals surface area contributed by atoms with Crippen LogP contribution in [0.25, 0.3) is 0 Å². The van der Waals surface area contributed by atoms with Gasteiger partial charge in [0.2, 0.25) is 11.9 Å². The lowest BCUT2D eigenvalue weighted by Crippen LogP contribution is -2.49. The van der Waals surface area contributed by atoms with E-state index in [4.69, 9.17) is 10.8 Å². The highest BCUT2D eigenvalue weighted by molar-refractivity contribution is 5.86. The summed E-state index contributed by atoms with van der Waals surface area (Å²) in [6.45, 7) is 0.833. The van der Waals surface area contributed by atoms with Gasteiger partial charge in [-0.3, -0.25) is 29.4 Å². The van der Waals surface area contributed by atoms with E-state index in [0.29, 0.717) is 25.9 Å². The third-order valence-electron chi connectivity index (χ3n) is 5.24. The zero-order valence-corrected chi connectivity index (χ0v) is 17.2. The number of aliphatic carboxylic acids is 2. The predicted molar refractivity (Wildman–Crippen MR) is 110 cm³/mol. The number of H-pyrrole nitrogens is 1. The molecule has 32 heavy (non-hydrogen) atoms. The first kappa shape index (κ1) is 23.1. The molecule has 2 aliphatic rings. The first-order valence-corrected chi connectivity index (χ1v) is 10.2. The molecule has 7 N–H and O–H groups in total. The molecule has 172 valence electrons. The first-order chi connectivity index (χ1) is 15.2. The molecule has 1 aliphatic carbocycles. The standard InChI is InChI=1S/C19H25N7O6/c20-19-25-15-14(17(30)26-19)23-11(8-22-15)7-21-10-3-1-9(2-4-10)16(29)24-12(18(31)32)5-6-13(27)28/h1,3,9-12,21H,2,4-8H2,(H,24,29)(H,27,28)(H,31,32)(H3,20,22,25,26,30)/t9?,10?,11?,12-/m0/s1. The summed E-state index contributed by atoms with van der Waals surface area (Å²) >= 11 is 0. The van der Waals surface area contributed by atoms with E-state index in [2.05, 4.69) is 30.6 Å². The van der Waals surface area contributed by atoms with Crippen LogP contribution in [0, 0.1) is 5.92 Å². The topological polar surface area (TPSA) is 212 Å². The molecule has 0 radical (unpaired) electrons. The maximum atomic E-state index is 12.4. The minimum atomic E-state index is -1.26. The Labute approximate surface area is 181 Å². The summed E-state index contributed by atoms with van der Waals surface area (Å²) in [5.41, 5.74) is 5.30. The third kappa shape index (κ3) is 5.97. The van der Waals surface area contributed by atoms with Crippen molar-refractivity contribution in [1.82, 2.24) is 20.6 Å². The van der Waals surface area contributed by atoms with Gasteiger partial charge in [0.1, 0.15) is 6.04 Å². The minimum absolute atomic E-state index is 0.00762. The first-order valence-electron chi connectivity index (χ1n) is 10.2. The van der Waals surface area contributed by atoms with Crippen molar-refractivity contribution in [3.05, 3.63) is 33.4 Å². The van der Waals surface area contributed by atoms with Crippen LogP contribution in [0.1, 0.15) is 25.7 Å². The summed E-state index contributed by atoms with van der Waals surface area (Å²) in [5.74, 6) is -3.33. The van der Waals surface area contributed by atoms with Gasteiger partial charge in [0.25, 0.3) is 5.56 Å². The lowest BCUT2D eigenvalue weighted by atomic mass is 9.91. The van der Waals surface area contributed by atoms with E-state index in [0.717, 1.165) is 0 Å². The van der Waals surface area contributed by atoms with Crippen LogP contribution in [-0.2, 0) is 14.4 Å². The van der Waals surface area contributed by atoms with Crippen molar-refractivity contribution in [2.45, 2.75) is 43.8 Å². The molecule has 3 rings (SSSR count). The second kappa shape index (κ2) is 10.1. The fourth-order valence-corrected chi connectivity index (χ4v) is 3.52. The van der Waals surface area contributed by atoms with Crippen LogP contribution in [0.3, 0.4) is 0 Å². The minimum Gasteiger partial charge on any atom is -0.481 e. The quantitative estimate of drug-likeness (QED) is 0.217. The van der Waals surface area contributed by atoms with Crippen LogP contribution in [0.4, 0.5) is 5.95 Å². The van der Waals surface area contributed by atoms with E-state index in [1.165, 1.54) is 0 Å². The number of carbonyl (C=O) groups is 3. The molecule has 0 aromatic carbocycles. The van der Waals surface area contributed by atoms with Crippen LogP contribution < -0.4 is 32.8 Å². The summed E-state index contributed by atoms with van der Waals surface area (Å²) in [4.78, 5) is 61.3. The van der Waals surface area contributed by atoms with Gasteiger partial charge >= 0.3 is 11.9 Å². The number of aromatic amines is 1. The average Bonchev–Trinajstić information content (AvgIpc) is 2.75. The molecule has 2 heterocycles. The Morgan fingerprint density at radius 2 is 2.03 bits per heavy atom. The average molecular weight is 447 g/mol. The van der Waals surface area contributed by atoms with Crippen molar-refractivity contribution in [3.8, 4) is 0 Å². The molecule has 3 unspecified atom stereocenters. The highest BCUT2D eigenvalue weighted by Crippen LogP contribution is 2.18. The van der Waals surface area contributed by atoms with Crippen molar-refractivity contribution in [3.63, 3.8) is 0 Å². The molecule has 0 spiro atoms. The summed E-state index contributed by atoms with van der Waals surface area (Å²) in [6, 6.07) is -1.50. The second-order valence-corrected chi connectivity index (χ2v) is 7.66. The molecule has 4 atom stereocenters. The van der Waals surface area contributed by atoms with Gasteiger partial charge in [-0.1, -0.05) is 12.2 Å². The number of carboxylic acids is 2. The second-order valence-electron chi connectivity index (χ2n) is 7.66. The molecule has 13 nitrogen and oxygen atoms in total. The fraction of sp³-hybridized carbons (Fsp3) is 0.526. The number of carboxylic acid groups (broad SMARTS) is 2. The molecule has 0 saturated heterocycles. The van der Waals surface area contributed by atoms with Crippen molar-refractivity contribution < 1.29 is 24.6 Å². The van der Waals surface area contributed by atoms with Crippen molar-refractivity contribution in [2.75, 3.05) is 18.8 Å². The number of hydrogen-bond acceptors (Lipinski definition) is 9. The van der Waals surface area contributed by atoms with E-state index >= 15 is 0 Å². The van der Waals surface area contributed by atoms with E-state index in [1.54, 1.807) is 6.08 Å². The zero-order valence-electron chi connectivity index (χ0n) is 17.2. The number of amides is 1. The number of nitrogens with two attached hydrogens (primary N) is 1. The number of hydrogen-bond donors (Lipinski definition) is 6. The van der Waals surface area contributed by atoms with Crippen LogP contribution in [0.15, 0.2) is 26.9 Å². The third-order valence-corrected chi connectivity index (χ3v) is 5.24. The Morgan fingerprint density at radius 1 is 1.25 bits per heavy atom. The molecule has 13 heteroatoms. The monoisotopic (exact) mass is 447 g/mol. The fourth-order valence-electron chi connectivity index (χ4n) is 3.52. The predicted octanol–water partition coefficient (Wildman–Crippen LogP) is -2.67. The Bertz CT molecular complexity index is 1100. The van der Waals surface area contributed by atoms with Gasteiger partial charge in [0.05, 0.1) is 18.5 Å². The molecule has 1 aromatic rings. The Morgan fingerprint density at radius 3 is 2.69 bits per heavy atom. The molecule has 0 saturated carbocycles. The van der Waals surface area contributed by atoms with Gasteiger partial charge < -0.3 is 26.6 Å². The summed E-state index contributed by atoms with van der Waals surface area (Å²) in [7, 11) is 0.